The second-order valence-electron chi connectivity index (χ2n) is 5.71. The normalized spacial score (nSPS) is 16.0. The molecule has 0 aliphatic carbocycles. The quantitative estimate of drug-likeness (QED) is 0.750. The van der Waals surface area contributed by atoms with Gasteiger partial charge in [-0.3, -0.25) is 0 Å². The van der Waals surface area contributed by atoms with Gasteiger partial charge in [0.05, 0.1) is 17.6 Å². The number of halogens is 2. The van der Waals surface area contributed by atoms with Crippen molar-refractivity contribution in [3.63, 3.8) is 0 Å². The Morgan fingerprint density at radius 2 is 1.71 bits per heavy atom. The molecule has 0 heterocycles. The van der Waals surface area contributed by atoms with Crippen molar-refractivity contribution in [2.45, 2.75) is 65.1 Å². The summed E-state index contributed by atoms with van der Waals surface area (Å²) in [5.74, 6) is -0.382. The maximum atomic E-state index is 13.3. The van der Waals surface area contributed by atoms with Gasteiger partial charge in [0.25, 0.3) is 0 Å². The molecule has 0 aliphatic rings. The summed E-state index contributed by atoms with van der Waals surface area (Å²) in [6.07, 6.45) is -1.30. The van der Waals surface area contributed by atoms with Crippen molar-refractivity contribution in [1.29, 1.82) is 0 Å². The first-order valence-corrected chi connectivity index (χ1v) is 7.62. The minimum absolute atomic E-state index is 0.0508. The van der Waals surface area contributed by atoms with Crippen molar-refractivity contribution in [3.05, 3.63) is 29.8 Å². The summed E-state index contributed by atoms with van der Waals surface area (Å²) in [4.78, 5) is 0. The number of hydrogen-bond acceptors (Lipinski definition) is 2. The van der Waals surface area contributed by atoms with Crippen molar-refractivity contribution >= 4 is 0 Å². The summed E-state index contributed by atoms with van der Waals surface area (Å²) in [6, 6.07) is 6.85. The van der Waals surface area contributed by atoms with Crippen LogP contribution in [0.5, 0.6) is 5.75 Å². The Hall–Kier alpha value is -1.16. The highest BCUT2D eigenvalue weighted by Crippen LogP contribution is 2.40. The summed E-state index contributed by atoms with van der Waals surface area (Å²) in [5, 5.41) is 10.9. The first-order valence-electron chi connectivity index (χ1n) is 7.62. The lowest BCUT2D eigenvalue weighted by molar-refractivity contribution is -0.0975. The number of rotatable bonds is 8. The smallest absolute Gasteiger partial charge is 0.244 e. The molecule has 0 aromatic heterocycles. The maximum absolute atomic E-state index is 13.3. The van der Waals surface area contributed by atoms with E-state index < -0.39 is 17.9 Å². The topological polar surface area (TPSA) is 29.5 Å². The first-order chi connectivity index (χ1) is 9.85. The molecule has 2 nitrogen and oxygen atoms in total. The molecule has 0 saturated heterocycles. The molecular weight excluding hydrogens is 274 g/mol. The van der Waals surface area contributed by atoms with Crippen LogP contribution in [0, 0.1) is 5.92 Å². The number of hydrogen-bond donors (Lipinski definition) is 1. The molecule has 0 amide bonds. The van der Waals surface area contributed by atoms with Crippen LogP contribution in [-0.4, -0.2) is 17.6 Å². The average molecular weight is 300 g/mol. The Morgan fingerprint density at radius 3 is 2.10 bits per heavy atom. The molecule has 0 saturated carbocycles. The van der Waals surface area contributed by atoms with Gasteiger partial charge in [0, 0.05) is 0 Å². The molecule has 1 aromatic rings. The van der Waals surface area contributed by atoms with Gasteiger partial charge in [0.15, 0.2) is 0 Å². The van der Waals surface area contributed by atoms with Crippen LogP contribution >= 0.6 is 0 Å². The van der Waals surface area contributed by atoms with Crippen LogP contribution < -0.4 is 4.74 Å². The van der Waals surface area contributed by atoms with E-state index in [1.807, 2.05) is 20.8 Å². The Labute approximate surface area is 126 Å². The monoisotopic (exact) mass is 300 g/mol. The summed E-state index contributed by atoms with van der Waals surface area (Å²) in [5.41, 5.74) is -0.957. The average Bonchev–Trinajstić information content (AvgIpc) is 2.39. The molecule has 21 heavy (non-hydrogen) atoms. The van der Waals surface area contributed by atoms with Crippen molar-refractivity contribution in [2.24, 2.45) is 5.92 Å². The SMILES string of the molecule is CCCC(O)(c1ccc(OC(C)C)cc1)C(CC)C(F)F. The Morgan fingerprint density at radius 1 is 1.14 bits per heavy atom. The molecule has 2 atom stereocenters. The van der Waals surface area contributed by atoms with Crippen molar-refractivity contribution < 1.29 is 18.6 Å². The van der Waals surface area contributed by atoms with Crippen LogP contribution in [0.4, 0.5) is 8.78 Å². The highest BCUT2D eigenvalue weighted by Gasteiger charge is 2.41. The summed E-state index contributed by atoms with van der Waals surface area (Å²) in [7, 11) is 0. The van der Waals surface area contributed by atoms with Crippen LogP contribution in [-0.2, 0) is 5.60 Å². The third kappa shape index (κ3) is 4.40. The van der Waals surface area contributed by atoms with E-state index in [0.717, 1.165) is 0 Å². The van der Waals surface area contributed by atoms with E-state index in [1.54, 1.807) is 31.2 Å². The maximum Gasteiger partial charge on any atom is 0.244 e. The van der Waals surface area contributed by atoms with Gasteiger partial charge in [-0.25, -0.2) is 8.78 Å². The molecular formula is C17H26F2O2. The van der Waals surface area contributed by atoms with Crippen LogP contribution in [0.15, 0.2) is 24.3 Å². The number of ether oxygens (including phenoxy) is 1. The van der Waals surface area contributed by atoms with E-state index in [4.69, 9.17) is 4.74 Å². The lowest BCUT2D eigenvalue weighted by Gasteiger charge is -2.36. The van der Waals surface area contributed by atoms with Gasteiger partial charge in [-0.1, -0.05) is 32.4 Å². The molecule has 4 heteroatoms. The fourth-order valence-corrected chi connectivity index (χ4v) is 2.74. The van der Waals surface area contributed by atoms with Gasteiger partial charge < -0.3 is 9.84 Å². The molecule has 1 N–H and O–H groups in total. The van der Waals surface area contributed by atoms with Gasteiger partial charge >= 0.3 is 0 Å². The fourth-order valence-electron chi connectivity index (χ4n) is 2.74. The Kier molecular flexibility index (Phi) is 6.59. The highest BCUT2D eigenvalue weighted by atomic mass is 19.3. The zero-order valence-electron chi connectivity index (χ0n) is 13.3. The first kappa shape index (κ1) is 17.9. The number of alkyl halides is 2. The summed E-state index contributed by atoms with van der Waals surface area (Å²) >= 11 is 0. The standard InChI is InChI=1S/C17H26F2O2/c1-5-11-17(20,15(6-2)16(18)19)13-7-9-14(10-8-13)21-12(3)4/h7-10,12,15-16,20H,5-6,11H2,1-4H3. The molecule has 0 aliphatic heterocycles. The Bertz CT molecular complexity index is 417. The molecule has 2 unspecified atom stereocenters. The van der Waals surface area contributed by atoms with Crippen LogP contribution in [0.2, 0.25) is 0 Å². The van der Waals surface area contributed by atoms with E-state index in [1.165, 1.54) is 0 Å². The van der Waals surface area contributed by atoms with Crippen LogP contribution in [0.1, 0.15) is 52.5 Å². The van der Waals surface area contributed by atoms with Crippen molar-refractivity contribution in [1.82, 2.24) is 0 Å². The molecule has 1 aromatic carbocycles. The van der Waals surface area contributed by atoms with Gasteiger partial charge in [0.2, 0.25) is 6.43 Å². The molecule has 0 radical (unpaired) electrons. The zero-order chi connectivity index (χ0) is 16.0. The zero-order valence-corrected chi connectivity index (χ0v) is 13.3. The van der Waals surface area contributed by atoms with Gasteiger partial charge in [-0.2, -0.15) is 0 Å². The van der Waals surface area contributed by atoms with Gasteiger partial charge in [0.1, 0.15) is 5.75 Å². The molecule has 120 valence electrons. The lowest BCUT2D eigenvalue weighted by Crippen LogP contribution is -2.39. The van der Waals surface area contributed by atoms with Crippen LogP contribution in [0.25, 0.3) is 0 Å². The largest absolute Gasteiger partial charge is 0.491 e. The predicted octanol–water partition coefficient (Wildman–Crippen LogP) is 4.75. The van der Waals surface area contributed by atoms with E-state index in [2.05, 4.69) is 0 Å². The predicted molar refractivity (Wildman–Crippen MR) is 80.8 cm³/mol. The second kappa shape index (κ2) is 7.74. The Balaban J connectivity index is 3.09. The molecule has 0 bridgehead atoms. The molecule has 0 spiro atoms. The van der Waals surface area contributed by atoms with Crippen molar-refractivity contribution in [2.75, 3.05) is 0 Å². The van der Waals surface area contributed by atoms with Crippen molar-refractivity contribution in [3.8, 4) is 5.75 Å². The third-order valence-electron chi connectivity index (χ3n) is 3.71. The van der Waals surface area contributed by atoms with E-state index in [9.17, 15) is 13.9 Å². The van der Waals surface area contributed by atoms with Gasteiger partial charge in [-0.05, 0) is 44.4 Å². The van der Waals surface area contributed by atoms with E-state index >= 15 is 0 Å². The fraction of sp³-hybridized carbons (Fsp3) is 0.647. The van der Waals surface area contributed by atoms with Crippen LogP contribution in [0.3, 0.4) is 0 Å². The second-order valence-corrected chi connectivity index (χ2v) is 5.71. The van der Waals surface area contributed by atoms with E-state index in [0.29, 0.717) is 24.2 Å². The minimum atomic E-state index is -2.54. The summed E-state index contributed by atoms with van der Waals surface area (Å²) < 4.78 is 32.1. The lowest BCUT2D eigenvalue weighted by atomic mass is 9.77. The minimum Gasteiger partial charge on any atom is -0.491 e. The third-order valence-corrected chi connectivity index (χ3v) is 3.71. The number of benzene rings is 1. The van der Waals surface area contributed by atoms with Gasteiger partial charge in [-0.15, -0.1) is 0 Å². The van der Waals surface area contributed by atoms with E-state index in [-0.39, 0.29) is 12.5 Å². The molecule has 1 rings (SSSR count). The summed E-state index contributed by atoms with van der Waals surface area (Å²) in [6.45, 7) is 7.42. The molecule has 0 fully saturated rings. The number of aliphatic hydroxyl groups is 1. The highest BCUT2D eigenvalue weighted by molar-refractivity contribution is 5.31.